The summed E-state index contributed by atoms with van der Waals surface area (Å²) < 4.78 is 0. The summed E-state index contributed by atoms with van der Waals surface area (Å²) in [5, 5.41) is 3.41. The normalized spacial score (nSPS) is 21.4. The van der Waals surface area contributed by atoms with E-state index in [0.717, 1.165) is 32.7 Å². The van der Waals surface area contributed by atoms with Gasteiger partial charge in [0.25, 0.3) is 0 Å². The van der Waals surface area contributed by atoms with E-state index in [2.05, 4.69) is 21.3 Å². The number of piperazine rings is 1. The standard InChI is InChI=1S/C11H18N4.ClH/c12-3-6-15-7-5-14-9-11(15)10-2-1-4-13-8-10;/h1-2,4,8,11,14H,3,5-7,9,12H2;1H. The van der Waals surface area contributed by atoms with Crippen molar-refractivity contribution in [2.45, 2.75) is 6.04 Å². The predicted octanol–water partition coefficient (Wildman–Crippen LogP) is 0.408. The van der Waals surface area contributed by atoms with Crippen LogP contribution in [0.3, 0.4) is 0 Å². The Morgan fingerprint density at radius 1 is 1.56 bits per heavy atom. The molecule has 2 heterocycles. The van der Waals surface area contributed by atoms with Gasteiger partial charge in [0, 0.05) is 51.2 Å². The fraction of sp³-hybridized carbons (Fsp3) is 0.545. The minimum absolute atomic E-state index is 0. The molecule has 1 aromatic rings. The first-order chi connectivity index (χ1) is 7.42. The summed E-state index contributed by atoms with van der Waals surface area (Å²) in [5.74, 6) is 0. The second kappa shape index (κ2) is 6.81. The molecule has 3 N–H and O–H groups in total. The summed E-state index contributed by atoms with van der Waals surface area (Å²) in [6.45, 7) is 4.79. The van der Waals surface area contributed by atoms with Gasteiger partial charge >= 0.3 is 0 Å². The molecule has 0 radical (unpaired) electrons. The molecule has 0 aromatic carbocycles. The van der Waals surface area contributed by atoms with Crippen LogP contribution < -0.4 is 11.1 Å². The van der Waals surface area contributed by atoms with Crippen molar-refractivity contribution in [3.8, 4) is 0 Å². The van der Waals surface area contributed by atoms with Gasteiger partial charge in [-0.25, -0.2) is 0 Å². The zero-order valence-corrected chi connectivity index (χ0v) is 10.1. The largest absolute Gasteiger partial charge is 0.329 e. The third-order valence-corrected chi connectivity index (χ3v) is 2.84. The molecule has 1 aromatic heterocycles. The van der Waals surface area contributed by atoms with Gasteiger partial charge in [-0.15, -0.1) is 12.4 Å². The molecule has 1 saturated heterocycles. The molecule has 0 bridgehead atoms. The number of aromatic nitrogens is 1. The average molecular weight is 243 g/mol. The number of rotatable bonds is 3. The Hall–Kier alpha value is -0.680. The Labute approximate surface area is 103 Å². The second-order valence-electron chi connectivity index (χ2n) is 3.83. The maximum atomic E-state index is 5.62. The Balaban J connectivity index is 0.00000128. The summed E-state index contributed by atoms with van der Waals surface area (Å²) in [4.78, 5) is 6.59. The number of nitrogens with one attached hydrogen (secondary N) is 1. The summed E-state index contributed by atoms with van der Waals surface area (Å²) in [6, 6.07) is 4.55. The molecule has 1 aliphatic rings. The van der Waals surface area contributed by atoms with Gasteiger partial charge in [0.1, 0.15) is 0 Å². The molecule has 1 atom stereocenters. The van der Waals surface area contributed by atoms with Crippen molar-refractivity contribution in [3.63, 3.8) is 0 Å². The van der Waals surface area contributed by atoms with Crippen LogP contribution >= 0.6 is 12.4 Å². The van der Waals surface area contributed by atoms with E-state index in [1.54, 1.807) is 0 Å². The molecule has 0 aliphatic carbocycles. The van der Waals surface area contributed by atoms with E-state index in [9.17, 15) is 0 Å². The first-order valence-corrected chi connectivity index (χ1v) is 5.46. The molecule has 0 spiro atoms. The maximum Gasteiger partial charge on any atom is 0.0488 e. The van der Waals surface area contributed by atoms with Crippen molar-refractivity contribution in [3.05, 3.63) is 30.1 Å². The topological polar surface area (TPSA) is 54.2 Å². The summed E-state index contributed by atoms with van der Waals surface area (Å²) in [5.41, 5.74) is 6.90. The summed E-state index contributed by atoms with van der Waals surface area (Å²) >= 11 is 0. The lowest BCUT2D eigenvalue weighted by Crippen LogP contribution is -2.47. The fourth-order valence-corrected chi connectivity index (χ4v) is 2.08. The number of hydrogen-bond donors (Lipinski definition) is 2. The van der Waals surface area contributed by atoms with Crippen molar-refractivity contribution in [1.82, 2.24) is 15.2 Å². The van der Waals surface area contributed by atoms with Crippen LogP contribution in [0, 0.1) is 0 Å². The molecule has 1 fully saturated rings. The lowest BCUT2D eigenvalue weighted by atomic mass is 10.1. The van der Waals surface area contributed by atoms with Gasteiger partial charge in [-0.05, 0) is 11.6 Å². The molecular weight excluding hydrogens is 224 g/mol. The van der Waals surface area contributed by atoms with Gasteiger partial charge in [-0.1, -0.05) is 6.07 Å². The molecule has 2 rings (SSSR count). The number of pyridine rings is 1. The zero-order valence-electron chi connectivity index (χ0n) is 9.30. The van der Waals surface area contributed by atoms with Crippen LogP contribution in [0.15, 0.2) is 24.5 Å². The average Bonchev–Trinajstić information content (AvgIpc) is 2.31. The molecule has 1 aliphatic heterocycles. The SMILES string of the molecule is Cl.NCCN1CCNCC1c1cccnc1. The minimum atomic E-state index is 0. The molecule has 16 heavy (non-hydrogen) atoms. The van der Waals surface area contributed by atoms with Crippen LogP contribution in [0.1, 0.15) is 11.6 Å². The number of halogens is 1. The lowest BCUT2D eigenvalue weighted by Gasteiger charge is -2.36. The first kappa shape index (κ1) is 13.4. The molecule has 5 heteroatoms. The molecule has 0 amide bonds. The van der Waals surface area contributed by atoms with Crippen LogP contribution in [0.4, 0.5) is 0 Å². The van der Waals surface area contributed by atoms with Gasteiger partial charge in [0.2, 0.25) is 0 Å². The van der Waals surface area contributed by atoms with Crippen molar-refractivity contribution in [1.29, 1.82) is 0 Å². The Bertz CT molecular complexity index is 291. The smallest absolute Gasteiger partial charge is 0.0488 e. The molecule has 1 unspecified atom stereocenters. The van der Waals surface area contributed by atoms with E-state index in [-0.39, 0.29) is 12.4 Å². The van der Waals surface area contributed by atoms with E-state index in [1.807, 2.05) is 18.5 Å². The quantitative estimate of drug-likeness (QED) is 0.806. The monoisotopic (exact) mass is 242 g/mol. The first-order valence-electron chi connectivity index (χ1n) is 5.46. The third kappa shape index (κ3) is 3.15. The van der Waals surface area contributed by atoms with Crippen LogP contribution in [0.2, 0.25) is 0 Å². The second-order valence-corrected chi connectivity index (χ2v) is 3.83. The third-order valence-electron chi connectivity index (χ3n) is 2.84. The van der Waals surface area contributed by atoms with E-state index < -0.39 is 0 Å². The van der Waals surface area contributed by atoms with E-state index in [4.69, 9.17) is 5.73 Å². The van der Waals surface area contributed by atoms with Crippen molar-refractivity contribution in [2.75, 3.05) is 32.7 Å². The van der Waals surface area contributed by atoms with Gasteiger partial charge in [-0.2, -0.15) is 0 Å². The van der Waals surface area contributed by atoms with Crippen molar-refractivity contribution in [2.24, 2.45) is 5.73 Å². The van der Waals surface area contributed by atoms with Crippen LogP contribution in [-0.4, -0.2) is 42.6 Å². The molecule has 0 saturated carbocycles. The Morgan fingerprint density at radius 2 is 2.44 bits per heavy atom. The molecular formula is C11H19ClN4. The molecule has 90 valence electrons. The predicted molar refractivity (Wildman–Crippen MR) is 67.7 cm³/mol. The van der Waals surface area contributed by atoms with Crippen molar-refractivity contribution >= 4 is 12.4 Å². The highest BCUT2D eigenvalue weighted by Gasteiger charge is 2.22. The summed E-state index contributed by atoms with van der Waals surface area (Å²) in [6.07, 6.45) is 3.76. The maximum absolute atomic E-state index is 5.62. The van der Waals surface area contributed by atoms with Crippen LogP contribution in [-0.2, 0) is 0 Å². The number of nitrogens with two attached hydrogens (primary N) is 1. The van der Waals surface area contributed by atoms with E-state index in [0.29, 0.717) is 6.04 Å². The Morgan fingerprint density at radius 3 is 3.12 bits per heavy atom. The zero-order chi connectivity index (χ0) is 10.5. The highest BCUT2D eigenvalue weighted by Crippen LogP contribution is 2.20. The van der Waals surface area contributed by atoms with E-state index >= 15 is 0 Å². The summed E-state index contributed by atoms with van der Waals surface area (Å²) in [7, 11) is 0. The van der Waals surface area contributed by atoms with Crippen molar-refractivity contribution < 1.29 is 0 Å². The fourth-order valence-electron chi connectivity index (χ4n) is 2.08. The highest BCUT2D eigenvalue weighted by molar-refractivity contribution is 5.85. The van der Waals surface area contributed by atoms with Gasteiger partial charge in [0.15, 0.2) is 0 Å². The lowest BCUT2D eigenvalue weighted by molar-refractivity contribution is 0.166. The number of hydrogen-bond acceptors (Lipinski definition) is 4. The van der Waals surface area contributed by atoms with E-state index in [1.165, 1.54) is 5.56 Å². The Kier molecular flexibility index (Phi) is 5.69. The molecule has 4 nitrogen and oxygen atoms in total. The van der Waals surface area contributed by atoms with Crippen LogP contribution in [0.25, 0.3) is 0 Å². The highest BCUT2D eigenvalue weighted by atomic mass is 35.5. The number of nitrogens with zero attached hydrogens (tertiary/aromatic N) is 2. The van der Waals surface area contributed by atoms with Gasteiger partial charge in [0.05, 0.1) is 0 Å². The van der Waals surface area contributed by atoms with Crippen LogP contribution in [0.5, 0.6) is 0 Å². The van der Waals surface area contributed by atoms with Gasteiger partial charge in [-0.3, -0.25) is 9.88 Å². The van der Waals surface area contributed by atoms with Gasteiger partial charge < -0.3 is 11.1 Å². The minimum Gasteiger partial charge on any atom is -0.329 e.